The molecule has 2 nitrogen and oxygen atoms in total. The van der Waals surface area contributed by atoms with Gasteiger partial charge in [0.05, 0.1) is 6.04 Å². The van der Waals surface area contributed by atoms with Crippen molar-refractivity contribution in [3.63, 3.8) is 0 Å². The first kappa shape index (κ1) is 12.6. The molecule has 1 aliphatic rings. The highest BCUT2D eigenvalue weighted by Gasteiger charge is 2.23. The summed E-state index contributed by atoms with van der Waals surface area (Å²) >= 11 is 0. The minimum absolute atomic E-state index is 0.111. The predicted octanol–water partition coefficient (Wildman–Crippen LogP) is 2.38. The van der Waals surface area contributed by atoms with Crippen molar-refractivity contribution < 1.29 is 4.79 Å². The van der Waals surface area contributed by atoms with E-state index in [1.807, 2.05) is 20.9 Å². The maximum absolute atomic E-state index is 11.0. The lowest BCUT2D eigenvalue weighted by atomic mass is 9.80. The molecule has 0 aromatic carbocycles. The van der Waals surface area contributed by atoms with Crippen LogP contribution in [0.3, 0.4) is 0 Å². The molecule has 0 spiro atoms. The molecular weight excluding hydrogens is 162 g/mol. The number of ketones is 1. The van der Waals surface area contributed by atoms with Crippen LogP contribution in [-0.2, 0) is 4.79 Å². The molecule has 2 heteroatoms. The normalized spacial score (nSPS) is 18.2. The highest BCUT2D eigenvalue weighted by atomic mass is 16.1. The summed E-state index contributed by atoms with van der Waals surface area (Å²) in [6.45, 7) is 5.67. The Morgan fingerprint density at radius 2 is 2.00 bits per heavy atom. The van der Waals surface area contributed by atoms with Crippen molar-refractivity contribution in [1.82, 2.24) is 5.32 Å². The maximum atomic E-state index is 11.0. The van der Waals surface area contributed by atoms with Gasteiger partial charge >= 0.3 is 0 Å². The second kappa shape index (κ2) is 7.07. The molecule has 1 fully saturated rings. The van der Waals surface area contributed by atoms with Crippen LogP contribution in [0.25, 0.3) is 0 Å². The molecule has 0 saturated heterocycles. The second-order valence-electron chi connectivity index (χ2n) is 3.48. The average molecular weight is 185 g/mol. The second-order valence-corrected chi connectivity index (χ2v) is 3.48. The Kier molecular flexibility index (Phi) is 6.87. The lowest BCUT2D eigenvalue weighted by molar-refractivity contribution is -0.119. The minimum atomic E-state index is 0.111. The number of hydrogen-bond acceptors (Lipinski definition) is 2. The monoisotopic (exact) mass is 185 g/mol. The molecule has 0 bridgehead atoms. The molecule has 0 radical (unpaired) electrons. The number of Topliss-reactive ketones (excluding diaryl/α,β-unsaturated/α-hetero) is 1. The van der Waals surface area contributed by atoms with Gasteiger partial charge in [-0.3, -0.25) is 4.79 Å². The van der Waals surface area contributed by atoms with Crippen molar-refractivity contribution in [3.05, 3.63) is 0 Å². The van der Waals surface area contributed by atoms with E-state index >= 15 is 0 Å². The molecule has 1 saturated carbocycles. The summed E-state index contributed by atoms with van der Waals surface area (Å²) < 4.78 is 0. The molecule has 1 rings (SSSR count). The molecule has 1 N–H and O–H groups in total. The zero-order valence-corrected chi connectivity index (χ0v) is 9.39. The van der Waals surface area contributed by atoms with Gasteiger partial charge in [0.1, 0.15) is 5.78 Å². The SMILES string of the molecule is CC.CNC(CC1CCC1)C(C)=O. The van der Waals surface area contributed by atoms with Gasteiger partial charge < -0.3 is 5.32 Å². The number of nitrogens with one attached hydrogen (secondary N) is 1. The summed E-state index contributed by atoms with van der Waals surface area (Å²) in [7, 11) is 1.87. The first-order chi connectivity index (χ1) is 6.24. The Hall–Kier alpha value is -0.370. The Balaban J connectivity index is 0.000000671. The first-order valence-corrected chi connectivity index (χ1v) is 5.41. The van der Waals surface area contributed by atoms with Gasteiger partial charge in [-0.25, -0.2) is 0 Å². The lowest BCUT2D eigenvalue weighted by Crippen LogP contribution is -2.35. The van der Waals surface area contributed by atoms with Gasteiger partial charge in [-0.15, -0.1) is 0 Å². The van der Waals surface area contributed by atoms with E-state index < -0.39 is 0 Å². The van der Waals surface area contributed by atoms with Gasteiger partial charge in [0, 0.05) is 0 Å². The zero-order chi connectivity index (χ0) is 10.3. The fraction of sp³-hybridized carbons (Fsp3) is 0.909. The third-order valence-electron chi connectivity index (χ3n) is 2.63. The van der Waals surface area contributed by atoms with Crippen molar-refractivity contribution in [2.45, 2.75) is 52.5 Å². The predicted molar refractivity (Wildman–Crippen MR) is 56.8 cm³/mol. The molecule has 0 aliphatic heterocycles. The van der Waals surface area contributed by atoms with Crippen molar-refractivity contribution in [1.29, 1.82) is 0 Å². The summed E-state index contributed by atoms with van der Waals surface area (Å²) in [4.78, 5) is 11.0. The van der Waals surface area contributed by atoms with E-state index in [0.29, 0.717) is 0 Å². The molecule has 1 atom stereocenters. The Morgan fingerprint density at radius 3 is 2.23 bits per heavy atom. The van der Waals surface area contributed by atoms with Crippen LogP contribution < -0.4 is 5.32 Å². The molecule has 1 aliphatic carbocycles. The largest absolute Gasteiger partial charge is 0.311 e. The van der Waals surface area contributed by atoms with Gasteiger partial charge in [0.2, 0.25) is 0 Å². The van der Waals surface area contributed by atoms with E-state index in [4.69, 9.17) is 0 Å². The minimum Gasteiger partial charge on any atom is -0.311 e. The number of carbonyl (C=O) groups is 1. The average Bonchev–Trinajstić information content (AvgIpc) is 2.06. The van der Waals surface area contributed by atoms with Gasteiger partial charge in [-0.05, 0) is 26.3 Å². The molecule has 0 aromatic rings. The summed E-state index contributed by atoms with van der Waals surface area (Å²) in [6, 6.07) is 0.111. The van der Waals surface area contributed by atoms with Gasteiger partial charge in [-0.1, -0.05) is 33.1 Å². The van der Waals surface area contributed by atoms with E-state index in [-0.39, 0.29) is 11.8 Å². The van der Waals surface area contributed by atoms with E-state index in [0.717, 1.165) is 12.3 Å². The third kappa shape index (κ3) is 4.41. The maximum Gasteiger partial charge on any atom is 0.146 e. The topological polar surface area (TPSA) is 29.1 Å². The summed E-state index contributed by atoms with van der Waals surface area (Å²) in [5.41, 5.74) is 0. The standard InChI is InChI=1S/C9H17NO.C2H6/c1-7(11)9(10-2)6-8-4-3-5-8;1-2/h8-10H,3-6H2,1-2H3;1-2H3. The highest BCUT2D eigenvalue weighted by molar-refractivity contribution is 5.81. The highest BCUT2D eigenvalue weighted by Crippen LogP contribution is 2.30. The van der Waals surface area contributed by atoms with Crippen molar-refractivity contribution >= 4 is 5.78 Å². The number of rotatable bonds is 4. The van der Waals surface area contributed by atoms with Crippen LogP contribution in [-0.4, -0.2) is 18.9 Å². The third-order valence-corrected chi connectivity index (χ3v) is 2.63. The van der Waals surface area contributed by atoms with Crippen molar-refractivity contribution in [2.24, 2.45) is 5.92 Å². The number of carbonyl (C=O) groups excluding carboxylic acids is 1. The molecule has 0 aromatic heterocycles. The molecule has 0 amide bonds. The van der Waals surface area contributed by atoms with Crippen LogP contribution in [0.15, 0.2) is 0 Å². The van der Waals surface area contributed by atoms with Gasteiger partial charge in [0.25, 0.3) is 0 Å². The van der Waals surface area contributed by atoms with E-state index in [1.165, 1.54) is 19.3 Å². The Bertz CT molecular complexity index is 141. The molecule has 13 heavy (non-hydrogen) atoms. The van der Waals surface area contributed by atoms with Crippen LogP contribution in [0.4, 0.5) is 0 Å². The molecule has 78 valence electrons. The molecule has 0 heterocycles. The zero-order valence-electron chi connectivity index (χ0n) is 9.39. The van der Waals surface area contributed by atoms with E-state index in [1.54, 1.807) is 6.92 Å². The van der Waals surface area contributed by atoms with Crippen LogP contribution in [0.1, 0.15) is 46.5 Å². The van der Waals surface area contributed by atoms with Gasteiger partial charge in [-0.2, -0.15) is 0 Å². The van der Waals surface area contributed by atoms with Gasteiger partial charge in [0.15, 0.2) is 0 Å². The summed E-state index contributed by atoms with van der Waals surface area (Å²) in [5, 5.41) is 3.05. The quantitative estimate of drug-likeness (QED) is 0.728. The smallest absolute Gasteiger partial charge is 0.146 e. The van der Waals surface area contributed by atoms with Crippen molar-refractivity contribution in [2.75, 3.05) is 7.05 Å². The fourth-order valence-electron chi connectivity index (χ4n) is 1.55. The van der Waals surface area contributed by atoms with Crippen LogP contribution >= 0.6 is 0 Å². The molecular formula is C11H23NO. The Morgan fingerprint density at radius 1 is 1.46 bits per heavy atom. The van der Waals surface area contributed by atoms with Crippen LogP contribution in [0.5, 0.6) is 0 Å². The lowest BCUT2D eigenvalue weighted by Gasteiger charge is -2.28. The van der Waals surface area contributed by atoms with E-state index in [9.17, 15) is 4.79 Å². The number of likely N-dealkylation sites (N-methyl/N-ethyl adjacent to an activating group) is 1. The van der Waals surface area contributed by atoms with Crippen molar-refractivity contribution in [3.8, 4) is 0 Å². The van der Waals surface area contributed by atoms with E-state index in [2.05, 4.69) is 5.32 Å². The van der Waals surface area contributed by atoms with Crippen LogP contribution in [0, 0.1) is 5.92 Å². The van der Waals surface area contributed by atoms with Crippen LogP contribution in [0.2, 0.25) is 0 Å². The Labute approximate surface area is 82.1 Å². The number of hydrogen-bond donors (Lipinski definition) is 1. The summed E-state index contributed by atoms with van der Waals surface area (Å²) in [6.07, 6.45) is 5.06. The fourth-order valence-corrected chi connectivity index (χ4v) is 1.55. The molecule has 1 unspecified atom stereocenters. The first-order valence-electron chi connectivity index (χ1n) is 5.41. The summed E-state index contributed by atoms with van der Waals surface area (Å²) in [5.74, 6) is 1.09.